The van der Waals surface area contributed by atoms with Crippen LogP contribution in [0, 0.1) is 6.92 Å². The fourth-order valence-corrected chi connectivity index (χ4v) is 3.57. The number of aryl methyl sites for hydroxylation is 1. The van der Waals surface area contributed by atoms with Gasteiger partial charge in [0.15, 0.2) is 5.16 Å². The fourth-order valence-electron chi connectivity index (χ4n) is 2.86. The van der Waals surface area contributed by atoms with Crippen LogP contribution in [0.3, 0.4) is 0 Å². The third-order valence-corrected chi connectivity index (χ3v) is 5.59. The molecule has 8 nitrogen and oxygen atoms in total. The van der Waals surface area contributed by atoms with Crippen molar-refractivity contribution < 1.29 is 22.5 Å². The molecule has 0 saturated heterocycles. The fraction of sp³-hybridized carbons (Fsp3) is 0.190. The van der Waals surface area contributed by atoms with Gasteiger partial charge in [-0.25, -0.2) is 0 Å². The summed E-state index contributed by atoms with van der Waals surface area (Å²) in [6.45, 7) is 1.98. The van der Waals surface area contributed by atoms with E-state index in [2.05, 4.69) is 25.7 Å². The second-order valence-corrected chi connectivity index (χ2v) is 8.01. The van der Waals surface area contributed by atoms with Gasteiger partial charge in [0.2, 0.25) is 17.6 Å². The molecule has 2 aromatic carbocycles. The SMILES string of the molecule is Cc1ccc(-c2noc(-c3nnc(SCC(=O)Nc4cccc(C(F)(F)F)c4)n3C)n2)cc1. The number of alkyl halides is 3. The van der Waals surface area contributed by atoms with Crippen LogP contribution in [0.2, 0.25) is 0 Å². The van der Waals surface area contributed by atoms with E-state index >= 15 is 0 Å². The van der Waals surface area contributed by atoms with Gasteiger partial charge in [0.05, 0.1) is 11.3 Å². The van der Waals surface area contributed by atoms with Crippen molar-refractivity contribution in [3.05, 3.63) is 59.7 Å². The predicted molar refractivity (Wildman–Crippen MR) is 115 cm³/mol. The first-order valence-corrected chi connectivity index (χ1v) is 10.6. The van der Waals surface area contributed by atoms with Gasteiger partial charge in [0.25, 0.3) is 5.89 Å². The van der Waals surface area contributed by atoms with E-state index in [0.717, 1.165) is 35.0 Å². The maximum atomic E-state index is 12.8. The number of hydrogen-bond acceptors (Lipinski definition) is 7. The zero-order valence-electron chi connectivity index (χ0n) is 17.4. The summed E-state index contributed by atoms with van der Waals surface area (Å²) in [5.74, 6) is 0.328. The normalized spacial score (nSPS) is 11.5. The Bertz CT molecular complexity index is 1280. The average Bonchev–Trinajstić information content (AvgIpc) is 3.39. The molecule has 0 bridgehead atoms. The quantitative estimate of drug-likeness (QED) is 0.408. The summed E-state index contributed by atoms with van der Waals surface area (Å²) < 4.78 is 45.4. The number of rotatable bonds is 6. The number of nitrogens with zero attached hydrogens (tertiary/aromatic N) is 5. The topological polar surface area (TPSA) is 98.7 Å². The lowest BCUT2D eigenvalue weighted by Gasteiger charge is -2.09. The molecule has 0 aliphatic carbocycles. The molecular formula is C21H17F3N6O2S. The molecule has 2 heterocycles. The van der Waals surface area contributed by atoms with Crippen molar-refractivity contribution >= 4 is 23.4 Å². The number of carbonyl (C=O) groups is 1. The minimum atomic E-state index is -4.49. The molecule has 0 saturated carbocycles. The number of amides is 1. The number of carbonyl (C=O) groups excluding carboxylic acids is 1. The minimum absolute atomic E-state index is 0.0589. The van der Waals surface area contributed by atoms with Gasteiger partial charge in [0.1, 0.15) is 0 Å². The highest BCUT2D eigenvalue weighted by Crippen LogP contribution is 2.31. The summed E-state index contributed by atoms with van der Waals surface area (Å²) in [5.41, 5.74) is 1.12. The zero-order valence-corrected chi connectivity index (χ0v) is 18.2. The largest absolute Gasteiger partial charge is 0.416 e. The molecule has 4 rings (SSSR count). The van der Waals surface area contributed by atoms with Crippen molar-refractivity contribution in [2.24, 2.45) is 7.05 Å². The second-order valence-electron chi connectivity index (χ2n) is 7.07. The van der Waals surface area contributed by atoms with E-state index in [1.165, 1.54) is 12.1 Å². The van der Waals surface area contributed by atoms with Crippen molar-refractivity contribution in [2.75, 3.05) is 11.1 Å². The van der Waals surface area contributed by atoms with E-state index in [9.17, 15) is 18.0 Å². The summed E-state index contributed by atoms with van der Waals surface area (Å²) in [6, 6.07) is 12.1. The van der Waals surface area contributed by atoms with Crippen molar-refractivity contribution in [3.63, 3.8) is 0 Å². The number of aromatic nitrogens is 5. The van der Waals surface area contributed by atoms with Crippen molar-refractivity contribution in [1.82, 2.24) is 24.9 Å². The standard InChI is InChI=1S/C21H17F3N6O2S/c1-12-6-8-13(9-7-12)17-26-19(32-29-17)18-27-28-20(30(18)2)33-11-16(31)25-15-5-3-4-14(10-15)21(22,23)24/h3-10H,11H2,1-2H3,(H,25,31). The summed E-state index contributed by atoms with van der Waals surface area (Å²) in [4.78, 5) is 16.6. The summed E-state index contributed by atoms with van der Waals surface area (Å²) in [5, 5.41) is 14.9. The number of halogens is 3. The molecule has 0 fully saturated rings. The molecule has 0 aliphatic rings. The number of thioether (sulfide) groups is 1. The molecule has 2 aromatic heterocycles. The highest BCUT2D eigenvalue weighted by molar-refractivity contribution is 7.99. The van der Waals surface area contributed by atoms with Crippen LogP contribution in [0.25, 0.3) is 23.1 Å². The zero-order chi connectivity index (χ0) is 23.6. The van der Waals surface area contributed by atoms with Crippen molar-refractivity contribution in [3.8, 4) is 23.1 Å². The van der Waals surface area contributed by atoms with Crippen molar-refractivity contribution in [1.29, 1.82) is 0 Å². The summed E-state index contributed by atoms with van der Waals surface area (Å²) >= 11 is 1.07. The van der Waals surface area contributed by atoms with Gasteiger partial charge < -0.3 is 14.4 Å². The van der Waals surface area contributed by atoms with Gasteiger partial charge in [0, 0.05) is 18.3 Å². The lowest BCUT2D eigenvalue weighted by molar-refractivity contribution is -0.137. The molecule has 1 amide bonds. The Labute approximate surface area is 190 Å². The Morgan fingerprint density at radius 1 is 1.15 bits per heavy atom. The lowest BCUT2D eigenvalue weighted by Crippen LogP contribution is -2.15. The van der Waals surface area contributed by atoms with E-state index < -0.39 is 17.6 Å². The molecule has 170 valence electrons. The summed E-state index contributed by atoms with van der Waals surface area (Å²) in [6.07, 6.45) is -4.49. The van der Waals surface area contributed by atoms with Gasteiger partial charge in [-0.15, -0.1) is 10.2 Å². The Kier molecular flexibility index (Phi) is 6.18. The first kappa shape index (κ1) is 22.5. The van der Waals surface area contributed by atoms with Gasteiger partial charge in [-0.1, -0.05) is 52.8 Å². The van der Waals surface area contributed by atoms with Crippen LogP contribution in [0.15, 0.2) is 58.2 Å². The Morgan fingerprint density at radius 2 is 1.91 bits per heavy atom. The van der Waals surface area contributed by atoms with E-state index in [1.54, 1.807) is 11.6 Å². The molecule has 1 N–H and O–H groups in total. The predicted octanol–water partition coefficient (Wildman–Crippen LogP) is 4.59. The maximum Gasteiger partial charge on any atom is 0.416 e. The highest BCUT2D eigenvalue weighted by Gasteiger charge is 2.30. The molecule has 0 atom stereocenters. The molecule has 0 aliphatic heterocycles. The molecule has 4 aromatic rings. The van der Waals surface area contributed by atoms with Crippen LogP contribution in [0.1, 0.15) is 11.1 Å². The molecule has 33 heavy (non-hydrogen) atoms. The van der Waals surface area contributed by atoms with E-state index in [0.29, 0.717) is 16.8 Å². The van der Waals surface area contributed by atoms with Crippen LogP contribution >= 0.6 is 11.8 Å². The van der Waals surface area contributed by atoms with E-state index in [4.69, 9.17) is 4.52 Å². The molecule has 12 heteroatoms. The van der Waals surface area contributed by atoms with Crippen LogP contribution in [0.4, 0.5) is 18.9 Å². The van der Waals surface area contributed by atoms with Gasteiger partial charge in [-0.2, -0.15) is 18.2 Å². The monoisotopic (exact) mass is 474 g/mol. The molecule has 0 unspecified atom stereocenters. The van der Waals surface area contributed by atoms with E-state index in [-0.39, 0.29) is 17.3 Å². The third kappa shape index (κ3) is 5.22. The van der Waals surface area contributed by atoms with Crippen LogP contribution in [-0.4, -0.2) is 36.6 Å². The average molecular weight is 474 g/mol. The van der Waals surface area contributed by atoms with E-state index in [1.807, 2.05) is 31.2 Å². The number of nitrogens with one attached hydrogen (secondary N) is 1. The first-order chi connectivity index (χ1) is 15.7. The summed E-state index contributed by atoms with van der Waals surface area (Å²) in [7, 11) is 1.68. The molecule has 0 spiro atoms. The lowest BCUT2D eigenvalue weighted by atomic mass is 10.1. The van der Waals surface area contributed by atoms with Crippen LogP contribution in [0.5, 0.6) is 0 Å². The number of anilines is 1. The van der Waals surface area contributed by atoms with Gasteiger partial charge in [-0.05, 0) is 25.1 Å². The molecular weight excluding hydrogens is 457 g/mol. The van der Waals surface area contributed by atoms with Crippen molar-refractivity contribution in [2.45, 2.75) is 18.3 Å². The second kappa shape index (κ2) is 9.06. The third-order valence-electron chi connectivity index (χ3n) is 4.57. The highest BCUT2D eigenvalue weighted by atomic mass is 32.2. The Hall–Kier alpha value is -3.67. The van der Waals surface area contributed by atoms with Crippen LogP contribution in [-0.2, 0) is 18.0 Å². The Morgan fingerprint density at radius 3 is 2.64 bits per heavy atom. The van der Waals surface area contributed by atoms with Gasteiger partial charge >= 0.3 is 6.18 Å². The smallest absolute Gasteiger partial charge is 0.330 e. The number of benzene rings is 2. The first-order valence-electron chi connectivity index (χ1n) is 9.61. The Balaban J connectivity index is 1.41. The molecule has 0 radical (unpaired) electrons. The number of hydrogen-bond donors (Lipinski definition) is 1. The van der Waals surface area contributed by atoms with Crippen LogP contribution < -0.4 is 5.32 Å². The van der Waals surface area contributed by atoms with Gasteiger partial charge in [-0.3, -0.25) is 4.79 Å². The maximum absolute atomic E-state index is 12.8. The minimum Gasteiger partial charge on any atom is -0.330 e.